The Kier molecular flexibility index (Phi) is 5.26. The normalized spacial score (nSPS) is 14.6. The second kappa shape index (κ2) is 5.21. The van der Waals surface area contributed by atoms with Crippen LogP contribution in [-0.2, 0) is 0 Å². The van der Waals surface area contributed by atoms with Crippen LogP contribution in [0.5, 0.6) is 0 Å². The molecule has 0 aliphatic carbocycles. The van der Waals surface area contributed by atoms with Gasteiger partial charge < -0.3 is 0 Å². The van der Waals surface area contributed by atoms with Crippen molar-refractivity contribution in [3.05, 3.63) is 0 Å². The first-order chi connectivity index (χ1) is 6.89. The van der Waals surface area contributed by atoms with E-state index < -0.39 is 39.4 Å². The highest BCUT2D eigenvalue weighted by molar-refractivity contribution is 8.30. The molecule has 0 aromatic rings. The Labute approximate surface area is 84.4 Å². The molecule has 0 aliphatic heterocycles. The van der Waals surface area contributed by atoms with Crippen molar-refractivity contribution in [3.8, 4) is 0 Å². The van der Waals surface area contributed by atoms with Crippen molar-refractivity contribution >= 4 is 15.2 Å². The zero-order valence-corrected chi connectivity index (χ0v) is 8.62. The molecule has 0 radical (unpaired) electrons. The van der Waals surface area contributed by atoms with Crippen LogP contribution in [0.15, 0.2) is 0 Å². The number of hydrogen-bond donors (Lipinski definition) is 0. The maximum atomic E-state index is 11.8. The fourth-order valence-corrected chi connectivity index (χ4v) is 4.61. The fourth-order valence-electron chi connectivity index (χ4n) is 0.665. The lowest BCUT2D eigenvalue weighted by molar-refractivity contribution is -0.0801. The molecular formula is C4H2F10P2. The number of hydrogen-bond acceptors (Lipinski definition) is 0. The molecule has 0 fully saturated rings. The van der Waals surface area contributed by atoms with E-state index >= 15 is 0 Å². The average Bonchev–Trinajstić information content (AvgIpc) is 1.93. The summed E-state index contributed by atoms with van der Waals surface area (Å²) < 4.78 is 118. The molecule has 0 unspecified atom stereocenters. The third-order valence-electron chi connectivity index (χ3n) is 1.11. The zero-order valence-electron chi connectivity index (χ0n) is 6.83. The lowest BCUT2D eigenvalue weighted by Gasteiger charge is -2.29. The molecular weight excluding hydrogens is 300 g/mol. The predicted molar refractivity (Wildman–Crippen MR) is 38.0 cm³/mol. The van der Waals surface area contributed by atoms with Gasteiger partial charge in [0.25, 0.3) is 12.3 Å². The van der Waals surface area contributed by atoms with Crippen LogP contribution in [0.3, 0.4) is 0 Å². The molecule has 12 heteroatoms. The molecule has 0 heterocycles. The monoisotopic (exact) mass is 302 g/mol. The summed E-state index contributed by atoms with van der Waals surface area (Å²) in [5.41, 5.74) is 0. The maximum Gasteiger partial charge on any atom is 0.418 e. The van der Waals surface area contributed by atoms with E-state index in [0.717, 1.165) is 0 Å². The van der Waals surface area contributed by atoms with Gasteiger partial charge in [0.15, 0.2) is 7.61 Å². The SMILES string of the molecule is FC(F)P(C(F)F)P(C(F)(F)F)C(F)(F)F. The Morgan fingerprint density at radius 2 is 0.875 bits per heavy atom. The summed E-state index contributed by atoms with van der Waals surface area (Å²) in [4.78, 5) is 0. The molecule has 0 atom stereocenters. The number of halogens is 10. The van der Waals surface area contributed by atoms with E-state index in [0.29, 0.717) is 0 Å². The van der Waals surface area contributed by atoms with Gasteiger partial charge in [-0.05, 0) is 0 Å². The molecule has 0 amide bonds. The van der Waals surface area contributed by atoms with Crippen LogP contribution in [0.1, 0.15) is 0 Å². The van der Waals surface area contributed by atoms with E-state index in [9.17, 15) is 43.9 Å². The summed E-state index contributed by atoms with van der Waals surface area (Å²) in [5, 5.41) is 0. The largest absolute Gasteiger partial charge is 0.418 e. The highest BCUT2D eigenvalue weighted by atomic mass is 32.1. The molecule has 0 aliphatic rings. The van der Waals surface area contributed by atoms with E-state index in [1.165, 1.54) is 0 Å². The van der Waals surface area contributed by atoms with Gasteiger partial charge in [-0.3, -0.25) is 0 Å². The van der Waals surface area contributed by atoms with Crippen molar-refractivity contribution in [2.75, 3.05) is 0 Å². The van der Waals surface area contributed by atoms with E-state index in [-0.39, 0.29) is 0 Å². The van der Waals surface area contributed by atoms with Crippen molar-refractivity contribution in [2.24, 2.45) is 0 Å². The highest BCUT2D eigenvalue weighted by Crippen LogP contribution is 2.87. The molecule has 0 N–H and O–H groups in total. The smallest absolute Gasteiger partial charge is 0.205 e. The van der Waals surface area contributed by atoms with E-state index in [1.54, 1.807) is 0 Å². The van der Waals surface area contributed by atoms with Crippen molar-refractivity contribution in [1.29, 1.82) is 0 Å². The van der Waals surface area contributed by atoms with Gasteiger partial charge >= 0.3 is 11.8 Å². The first-order valence-electron chi connectivity index (χ1n) is 3.17. The summed E-state index contributed by atoms with van der Waals surface area (Å²) in [5.74, 6) is -12.2. The molecule has 0 spiro atoms. The number of rotatable bonds is 3. The van der Waals surface area contributed by atoms with Gasteiger partial charge in [0.2, 0.25) is 0 Å². The summed E-state index contributed by atoms with van der Waals surface area (Å²) in [7, 11) is -10.2. The highest BCUT2D eigenvalue weighted by Gasteiger charge is 2.64. The van der Waals surface area contributed by atoms with Crippen LogP contribution in [0.25, 0.3) is 0 Å². The van der Waals surface area contributed by atoms with Gasteiger partial charge in [-0.15, -0.1) is 0 Å². The van der Waals surface area contributed by atoms with E-state index in [1.807, 2.05) is 0 Å². The van der Waals surface area contributed by atoms with Gasteiger partial charge in [0.1, 0.15) is 0 Å². The zero-order chi connectivity index (χ0) is 13.3. The van der Waals surface area contributed by atoms with Crippen molar-refractivity contribution in [2.45, 2.75) is 24.2 Å². The van der Waals surface area contributed by atoms with Gasteiger partial charge in [-0.1, -0.05) is 0 Å². The molecule has 0 saturated heterocycles. The Morgan fingerprint density at radius 1 is 0.625 bits per heavy atom. The average molecular weight is 302 g/mol. The van der Waals surface area contributed by atoms with E-state index in [4.69, 9.17) is 0 Å². The molecule has 98 valence electrons. The summed E-state index contributed by atoms with van der Waals surface area (Å²) >= 11 is 0. The van der Waals surface area contributed by atoms with Crippen molar-refractivity contribution in [1.82, 2.24) is 0 Å². The van der Waals surface area contributed by atoms with E-state index in [2.05, 4.69) is 0 Å². The third-order valence-corrected chi connectivity index (χ3v) is 7.13. The molecule has 0 nitrogen and oxygen atoms in total. The van der Waals surface area contributed by atoms with Gasteiger partial charge in [0.05, 0.1) is 7.61 Å². The second-order valence-corrected chi connectivity index (χ2v) is 7.95. The topological polar surface area (TPSA) is 0 Å². The summed E-state index contributed by atoms with van der Waals surface area (Å²) in [6.07, 6.45) is -8.66. The molecule has 0 bridgehead atoms. The molecule has 16 heavy (non-hydrogen) atoms. The minimum Gasteiger partial charge on any atom is -0.205 e. The Hall–Kier alpha value is 0.160. The minimum absolute atomic E-state index is 4.33. The summed E-state index contributed by atoms with van der Waals surface area (Å²) in [6, 6.07) is 0. The Morgan fingerprint density at radius 3 is 0.938 bits per heavy atom. The Balaban J connectivity index is 5.32. The van der Waals surface area contributed by atoms with Gasteiger partial charge in [-0.25, -0.2) is 17.6 Å². The third kappa shape index (κ3) is 4.20. The fraction of sp³-hybridized carbons (Fsp3) is 1.00. The first kappa shape index (κ1) is 16.2. The second-order valence-electron chi connectivity index (χ2n) is 2.18. The van der Waals surface area contributed by atoms with Crippen LogP contribution >= 0.6 is 15.2 Å². The van der Waals surface area contributed by atoms with Crippen LogP contribution in [-0.4, -0.2) is 24.2 Å². The van der Waals surface area contributed by atoms with Gasteiger partial charge in [0, 0.05) is 0 Å². The number of alkyl halides is 10. The Bertz CT molecular complexity index is 196. The first-order valence-corrected chi connectivity index (χ1v) is 6.70. The summed E-state index contributed by atoms with van der Waals surface area (Å²) in [6.45, 7) is 0. The van der Waals surface area contributed by atoms with Crippen LogP contribution in [0.4, 0.5) is 43.9 Å². The molecule has 0 saturated carbocycles. The molecule has 0 rings (SSSR count). The van der Waals surface area contributed by atoms with Gasteiger partial charge in [-0.2, -0.15) is 26.3 Å². The van der Waals surface area contributed by atoms with Crippen LogP contribution in [0.2, 0.25) is 0 Å². The molecule has 0 aromatic heterocycles. The lowest BCUT2D eigenvalue weighted by Crippen LogP contribution is -2.20. The van der Waals surface area contributed by atoms with Crippen molar-refractivity contribution < 1.29 is 43.9 Å². The predicted octanol–water partition coefficient (Wildman–Crippen LogP) is 5.35. The standard InChI is InChI=1S/C4H2F10P2/c5-1(6)15(2(7)8)16(3(9,10)11)4(12,13)14/h1-2H. The quantitative estimate of drug-likeness (QED) is 0.487. The maximum absolute atomic E-state index is 11.8. The van der Waals surface area contributed by atoms with Crippen LogP contribution < -0.4 is 0 Å². The van der Waals surface area contributed by atoms with Crippen molar-refractivity contribution in [3.63, 3.8) is 0 Å². The minimum atomic E-state index is -6.11. The lowest BCUT2D eigenvalue weighted by atomic mass is 11.5. The van der Waals surface area contributed by atoms with Crippen LogP contribution in [0, 0.1) is 0 Å². The molecule has 0 aromatic carbocycles.